The highest BCUT2D eigenvalue weighted by Gasteiger charge is 2.53. The lowest BCUT2D eigenvalue weighted by Gasteiger charge is -2.38. The minimum absolute atomic E-state index is 0.112. The van der Waals surface area contributed by atoms with Crippen LogP contribution < -0.4 is 20.6 Å². The number of hydrogen-bond donors (Lipinski definition) is 4. The summed E-state index contributed by atoms with van der Waals surface area (Å²) in [6, 6.07) is 1.56. The molecule has 0 saturated carbocycles. The van der Waals surface area contributed by atoms with Gasteiger partial charge in [0.05, 0.1) is 12.5 Å². The Hall–Kier alpha value is -3.10. The summed E-state index contributed by atoms with van der Waals surface area (Å²) in [5.74, 6) is -3.37. The van der Waals surface area contributed by atoms with Gasteiger partial charge in [0, 0.05) is 22.9 Å². The quantitative estimate of drug-likeness (QED) is 0.563. The Kier molecular flexibility index (Phi) is 4.18. The van der Waals surface area contributed by atoms with Gasteiger partial charge in [-0.3, -0.25) is 9.79 Å². The molecule has 2 aliphatic heterocycles. The van der Waals surface area contributed by atoms with Gasteiger partial charge in [-0.2, -0.15) is 0 Å². The summed E-state index contributed by atoms with van der Waals surface area (Å²) in [7, 11) is 1.37. The van der Waals surface area contributed by atoms with Crippen molar-refractivity contribution in [2.45, 2.75) is 50.1 Å². The van der Waals surface area contributed by atoms with Gasteiger partial charge in [-0.1, -0.05) is 6.92 Å². The monoisotopic (exact) mass is 390 g/mol. The molecular formula is C19H22N2O7. The highest BCUT2D eigenvalue weighted by atomic mass is 16.5. The van der Waals surface area contributed by atoms with Gasteiger partial charge in [-0.05, 0) is 32.4 Å². The Balaban J connectivity index is 2.47. The van der Waals surface area contributed by atoms with Crippen molar-refractivity contribution in [2.75, 3.05) is 12.4 Å². The van der Waals surface area contributed by atoms with Crippen molar-refractivity contribution in [1.82, 2.24) is 0 Å². The fraction of sp³-hybridized carbons (Fsp3) is 0.474. The lowest BCUT2D eigenvalue weighted by atomic mass is 9.70. The average Bonchev–Trinajstić information content (AvgIpc) is 3.00. The molecule has 2 aliphatic rings. The van der Waals surface area contributed by atoms with Crippen LogP contribution in [0.15, 0.2) is 11.1 Å². The number of nitrogens with zero attached hydrogens (tertiary/aromatic N) is 1. The fourth-order valence-electron chi connectivity index (χ4n) is 4.07. The number of carbonyl (C=O) groups is 3. The van der Waals surface area contributed by atoms with Crippen molar-refractivity contribution >= 4 is 29.7 Å². The van der Waals surface area contributed by atoms with Crippen molar-refractivity contribution in [2.24, 2.45) is 4.99 Å². The summed E-state index contributed by atoms with van der Waals surface area (Å²) in [6.45, 7) is 4.49. The van der Waals surface area contributed by atoms with Gasteiger partial charge in [-0.15, -0.1) is 0 Å². The second-order valence-electron chi connectivity index (χ2n) is 7.67. The molecule has 1 aromatic carbocycles. The van der Waals surface area contributed by atoms with E-state index < -0.39 is 34.4 Å². The van der Waals surface area contributed by atoms with Crippen LogP contribution in [0.2, 0.25) is 0 Å². The van der Waals surface area contributed by atoms with Crippen molar-refractivity contribution in [3.8, 4) is 5.75 Å². The summed E-state index contributed by atoms with van der Waals surface area (Å²) in [5, 5.41) is 33.0. The Morgan fingerprint density at radius 2 is 1.82 bits per heavy atom. The average molecular weight is 390 g/mol. The first kappa shape index (κ1) is 19.7. The maximum Gasteiger partial charge on any atom is 0.333 e. The zero-order chi connectivity index (χ0) is 21.1. The Morgan fingerprint density at radius 3 is 2.29 bits per heavy atom. The summed E-state index contributed by atoms with van der Waals surface area (Å²) in [6.07, 6.45) is 1.47. The number of carboxylic acid groups (broad SMARTS) is 3. The molecule has 0 radical (unpaired) electrons. The number of ether oxygens (including phenoxy) is 1. The summed E-state index contributed by atoms with van der Waals surface area (Å²) in [5.41, 5.74) is -4.11. The van der Waals surface area contributed by atoms with Crippen LogP contribution >= 0.6 is 0 Å². The number of methoxy groups -OCH3 is 1. The molecule has 150 valence electrons. The molecule has 2 heterocycles. The standard InChI is InChI=1S/C19H22N2O7/c1-5-19(16(26)27)7-9-6-10(28-4)13-11(12(9)21-19)17(2,14(22)23)8-18(3,20-13)15(24)25/h6-7,21H,5,8H2,1-4H3,(H,22,23)(H,24,25)(H,26,27). The van der Waals surface area contributed by atoms with E-state index in [1.54, 1.807) is 13.0 Å². The minimum Gasteiger partial charge on any atom is -0.494 e. The number of rotatable bonds is 5. The predicted molar refractivity (Wildman–Crippen MR) is 98.2 cm³/mol. The molecule has 0 bridgehead atoms. The van der Waals surface area contributed by atoms with E-state index in [1.807, 2.05) is 0 Å². The van der Waals surface area contributed by atoms with Crippen LogP contribution in [0.4, 0.5) is 5.69 Å². The molecule has 4 N–H and O–H groups in total. The molecular weight excluding hydrogens is 368 g/mol. The fourth-order valence-corrected chi connectivity index (χ4v) is 4.07. The summed E-state index contributed by atoms with van der Waals surface area (Å²) < 4.78 is 5.37. The molecule has 3 rings (SSSR count). The highest BCUT2D eigenvalue weighted by molar-refractivity contribution is 5.96. The smallest absolute Gasteiger partial charge is 0.333 e. The second kappa shape index (κ2) is 5.95. The third kappa shape index (κ3) is 2.45. The SMILES string of the molecule is CCC1(C(=O)O)C=c2cc(OC)c3c(c2N1)C(C)(C(=O)O)CC(C)(C(=O)O)N=3. The Bertz CT molecular complexity index is 1030. The van der Waals surface area contributed by atoms with Crippen LogP contribution in [0.25, 0.3) is 6.08 Å². The van der Waals surface area contributed by atoms with E-state index >= 15 is 0 Å². The van der Waals surface area contributed by atoms with Gasteiger partial charge < -0.3 is 25.4 Å². The lowest BCUT2D eigenvalue weighted by molar-refractivity contribution is -0.148. The van der Waals surface area contributed by atoms with Crippen molar-refractivity contribution in [3.63, 3.8) is 0 Å². The van der Waals surface area contributed by atoms with Gasteiger partial charge in [0.15, 0.2) is 11.1 Å². The second-order valence-corrected chi connectivity index (χ2v) is 7.67. The molecule has 3 unspecified atom stereocenters. The van der Waals surface area contributed by atoms with E-state index in [0.717, 1.165) is 0 Å². The molecule has 0 aromatic heterocycles. The molecule has 0 aliphatic carbocycles. The molecule has 9 heteroatoms. The van der Waals surface area contributed by atoms with Gasteiger partial charge in [0.25, 0.3) is 0 Å². The van der Waals surface area contributed by atoms with Crippen LogP contribution in [0, 0.1) is 0 Å². The first-order valence-corrected chi connectivity index (χ1v) is 8.77. The number of carboxylic acids is 3. The predicted octanol–water partition coefficient (Wildman–Crippen LogP) is 0.344. The van der Waals surface area contributed by atoms with E-state index in [-0.39, 0.29) is 29.5 Å². The topological polar surface area (TPSA) is 146 Å². The number of anilines is 1. The molecule has 3 atom stereocenters. The van der Waals surface area contributed by atoms with Crippen LogP contribution in [-0.2, 0) is 19.8 Å². The van der Waals surface area contributed by atoms with E-state index in [9.17, 15) is 29.7 Å². The summed E-state index contributed by atoms with van der Waals surface area (Å²) >= 11 is 0. The van der Waals surface area contributed by atoms with Gasteiger partial charge >= 0.3 is 17.9 Å². The number of fused-ring (bicyclic) bond motifs is 3. The van der Waals surface area contributed by atoms with Crippen LogP contribution in [-0.4, -0.2) is 51.4 Å². The molecule has 0 fully saturated rings. The number of hydrogen-bond acceptors (Lipinski definition) is 6. The van der Waals surface area contributed by atoms with Crippen LogP contribution in [0.1, 0.15) is 39.2 Å². The minimum atomic E-state index is -1.67. The molecule has 0 spiro atoms. The van der Waals surface area contributed by atoms with Crippen molar-refractivity contribution in [1.29, 1.82) is 0 Å². The lowest BCUT2D eigenvalue weighted by Crippen LogP contribution is -2.53. The zero-order valence-corrected chi connectivity index (χ0v) is 16.0. The van der Waals surface area contributed by atoms with Gasteiger partial charge in [0.2, 0.25) is 0 Å². The largest absolute Gasteiger partial charge is 0.494 e. The molecule has 0 saturated heterocycles. The highest BCUT2D eigenvalue weighted by Crippen LogP contribution is 2.42. The summed E-state index contributed by atoms with van der Waals surface area (Å²) in [4.78, 5) is 40.3. The zero-order valence-electron chi connectivity index (χ0n) is 16.0. The van der Waals surface area contributed by atoms with Crippen LogP contribution in [0.3, 0.4) is 0 Å². The third-order valence-electron chi connectivity index (χ3n) is 5.75. The first-order valence-electron chi connectivity index (χ1n) is 8.77. The van der Waals surface area contributed by atoms with Gasteiger partial charge in [-0.25, -0.2) is 9.59 Å². The molecule has 28 heavy (non-hydrogen) atoms. The van der Waals surface area contributed by atoms with E-state index in [2.05, 4.69) is 10.3 Å². The normalized spacial score (nSPS) is 30.1. The number of nitrogens with one attached hydrogen (secondary N) is 1. The molecule has 1 aromatic rings. The van der Waals surface area contributed by atoms with Crippen molar-refractivity contribution < 1.29 is 34.4 Å². The molecule has 0 amide bonds. The van der Waals surface area contributed by atoms with E-state index in [4.69, 9.17) is 4.74 Å². The number of aliphatic carboxylic acids is 3. The Morgan fingerprint density at radius 1 is 1.18 bits per heavy atom. The van der Waals surface area contributed by atoms with Gasteiger partial charge in [0.1, 0.15) is 11.1 Å². The maximum atomic E-state index is 12.3. The maximum absolute atomic E-state index is 12.3. The first-order chi connectivity index (χ1) is 12.9. The van der Waals surface area contributed by atoms with E-state index in [1.165, 1.54) is 27.0 Å². The Labute approximate surface area is 160 Å². The van der Waals surface area contributed by atoms with Crippen LogP contribution in [0.5, 0.6) is 5.75 Å². The molecule has 9 nitrogen and oxygen atoms in total. The van der Waals surface area contributed by atoms with E-state index in [0.29, 0.717) is 10.9 Å². The third-order valence-corrected chi connectivity index (χ3v) is 5.75. The number of benzene rings is 1. The van der Waals surface area contributed by atoms with Crippen molar-refractivity contribution in [3.05, 3.63) is 22.2 Å².